The molecule has 1 aliphatic carbocycles. The second-order valence-corrected chi connectivity index (χ2v) is 12.1. The van der Waals surface area contributed by atoms with Crippen LogP contribution in [0.15, 0.2) is 11.0 Å². The first-order valence-corrected chi connectivity index (χ1v) is 11.7. The molecule has 1 aromatic carbocycles. The van der Waals surface area contributed by atoms with Crippen LogP contribution in [0.4, 0.5) is 18.0 Å². The van der Waals surface area contributed by atoms with Crippen LogP contribution in [0.1, 0.15) is 24.4 Å². The van der Waals surface area contributed by atoms with Gasteiger partial charge in [-0.3, -0.25) is 4.79 Å². The molecule has 5 nitrogen and oxygen atoms in total. The van der Waals surface area contributed by atoms with Crippen LogP contribution in [-0.2, 0) is 0 Å². The van der Waals surface area contributed by atoms with E-state index < -0.39 is 59.3 Å². The lowest BCUT2D eigenvalue weighted by atomic mass is 10.1. The molecule has 1 fully saturated rings. The van der Waals surface area contributed by atoms with Gasteiger partial charge in [0, 0.05) is 6.04 Å². The highest BCUT2D eigenvalue weighted by atomic mass is 28.3. The average Bonchev–Trinajstić information content (AvgIpc) is 3.38. The molecule has 0 radical (unpaired) electrons. The lowest BCUT2D eigenvalue weighted by molar-refractivity contribution is 0.143. The van der Waals surface area contributed by atoms with E-state index in [1.54, 1.807) is 0 Å². The quantitative estimate of drug-likeness (QED) is 0.361. The van der Waals surface area contributed by atoms with Gasteiger partial charge in [0.1, 0.15) is 8.07 Å². The fraction of sp³-hybridized carbons (Fsp3) is 0.333. The Morgan fingerprint density at radius 3 is 2.37 bits per heavy atom. The molecule has 3 rings (SSSR count). The third-order valence-electron chi connectivity index (χ3n) is 3.97. The van der Waals surface area contributed by atoms with Crippen molar-refractivity contribution in [2.75, 3.05) is 0 Å². The van der Waals surface area contributed by atoms with E-state index in [-0.39, 0.29) is 6.04 Å². The summed E-state index contributed by atoms with van der Waals surface area (Å²) in [5, 5.41) is 8.33. The van der Waals surface area contributed by atoms with Crippen LogP contribution in [0.3, 0.4) is 0 Å². The van der Waals surface area contributed by atoms with E-state index in [0.717, 1.165) is 6.20 Å². The summed E-state index contributed by atoms with van der Waals surface area (Å²) in [5.74, 6) is -2.92. The predicted molar refractivity (Wildman–Crippen MR) is 95.2 cm³/mol. The number of fused-ring (bicyclic) bond motifs is 1. The first-order chi connectivity index (χ1) is 12.5. The minimum absolute atomic E-state index is 0.263. The molecular weight excluding hydrogens is 379 g/mol. The van der Waals surface area contributed by atoms with Gasteiger partial charge in [-0.05, 0) is 12.8 Å². The first kappa shape index (κ1) is 19.0. The Morgan fingerprint density at radius 2 is 1.85 bits per heavy atom. The lowest BCUT2D eigenvalue weighted by Crippen LogP contribution is -2.20. The molecule has 0 atom stereocenters. The number of nitrogens with zero attached hydrogens (tertiary/aromatic N) is 1. The molecule has 1 N–H and O–H groups in total. The van der Waals surface area contributed by atoms with Gasteiger partial charge in [-0.15, -0.1) is 5.54 Å². The van der Waals surface area contributed by atoms with Gasteiger partial charge in [0.2, 0.25) is 5.43 Å². The standard InChI is InChI=1S/C18H16F3NO4Si/c1-27(2,3)7-6-10-12-16(15(21)14(20)13(10)19)22(9-4-5-9)8-11(17(12)23)26-18(24)25/h8-9H,4-5H2,1-3H3,(H,24,25). The van der Waals surface area contributed by atoms with Gasteiger partial charge < -0.3 is 14.4 Å². The zero-order chi connectivity index (χ0) is 20.1. The van der Waals surface area contributed by atoms with Crippen molar-refractivity contribution in [1.29, 1.82) is 0 Å². The Kier molecular flexibility index (Phi) is 4.55. The van der Waals surface area contributed by atoms with Crippen molar-refractivity contribution in [3.8, 4) is 17.2 Å². The van der Waals surface area contributed by atoms with Gasteiger partial charge in [0.15, 0.2) is 23.2 Å². The van der Waals surface area contributed by atoms with Gasteiger partial charge in [-0.25, -0.2) is 18.0 Å². The zero-order valence-electron chi connectivity index (χ0n) is 14.8. The highest BCUT2D eigenvalue weighted by Gasteiger charge is 2.31. The van der Waals surface area contributed by atoms with Gasteiger partial charge >= 0.3 is 6.16 Å². The molecule has 0 aliphatic heterocycles. The molecule has 142 valence electrons. The van der Waals surface area contributed by atoms with E-state index in [2.05, 4.69) is 16.2 Å². The molecule has 2 aromatic rings. The lowest BCUT2D eigenvalue weighted by Gasteiger charge is -2.15. The zero-order valence-corrected chi connectivity index (χ0v) is 15.8. The summed E-state index contributed by atoms with van der Waals surface area (Å²) in [5.41, 5.74) is 0.757. The molecule has 0 bridgehead atoms. The molecule has 0 amide bonds. The van der Waals surface area contributed by atoms with Crippen molar-refractivity contribution < 1.29 is 27.8 Å². The average molecular weight is 395 g/mol. The summed E-state index contributed by atoms with van der Waals surface area (Å²) in [6.45, 7) is 5.59. The summed E-state index contributed by atoms with van der Waals surface area (Å²) in [7, 11) is -2.04. The molecule has 1 saturated carbocycles. The van der Waals surface area contributed by atoms with E-state index in [4.69, 9.17) is 5.11 Å². The van der Waals surface area contributed by atoms with E-state index in [1.807, 2.05) is 19.6 Å². The summed E-state index contributed by atoms with van der Waals surface area (Å²) < 4.78 is 49.0. The van der Waals surface area contributed by atoms with Crippen LogP contribution in [0.2, 0.25) is 19.6 Å². The van der Waals surface area contributed by atoms with E-state index in [0.29, 0.717) is 12.8 Å². The number of hydrogen-bond donors (Lipinski definition) is 1. The van der Waals surface area contributed by atoms with Crippen LogP contribution in [-0.4, -0.2) is 23.9 Å². The van der Waals surface area contributed by atoms with Gasteiger partial charge in [0.05, 0.1) is 22.7 Å². The van der Waals surface area contributed by atoms with Crippen LogP contribution in [0.5, 0.6) is 5.75 Å². The first-order valence-electron chi connectivity index (χ1n) is 8.20. The Hall–Kier alpha value is -2.73. The largest absolute Gasteiger partial charge is 0.511 e. The third-order valence-corrected chi connectivity index (χ3v) is 4.84. The van der Waals surface area contributed by atoms with Crippen molar-refractivity contribution >= 4 is 25.1 Å². The number of aromatic nitrogens is 1. The molecule has 1 heterocycles. The number of halogens is 3. The van der Waals surface area contributed by atoms with Crippen molar-refractivity contribution in [1.82, 2.24) is 4.57 Å². The number of carbonyl (C=O) groups is 1. The fourth-order valence-corrected chi connectivity index (χ4v) is 3.16. The van der Waals surface area contributed by atoms with Crippen molar-refractivity contribution in [3.63, 3.8) is 0 Å². The summed E-state index contributed by atoms with van der Waals surface area (Å²) in [6.07, 6.45) is 0.524. The maximum atomic E-state index is 14.6. The second-order valence-electron chi connectivity index (χ2n) is 7.37. The maximum Gasteiger partial charge on any atom is 0.511 e. The summed E-state index contributed by atoms with van der Waals surface area (Å²) in [4.78, 5) is 23.6. The van der Waals surface area contributed by atoms with Crippen LogP contribution in [0, 0.1) is 28.9 Å². The molecule has 0 saturated heterocycles. The minimum Gasteiger partial charge on any atom is -0.449 e. The van der Waals surface area contributed by atoms with Crippen molar-refractivity contribution in [2.24, 2.45) is 0 Å². The van der Waals surface area contributed by atoms with Gasteiger partial charge in [-0.2, -0.15) is 0 Å². The molecular formula is C18H16F3NO4Si. The Morgan fingerprint density at radius 1 is 1.22 bits per heavy atom. The SMILES string of the molecule is C[Si](C)(C)C#Cc1c(F)c(F)c(F)c2c1c(=O)c(OC(=O)O)cn2C1CC1. The molecule has 1 aromatic heterocycles. The number of hydrogen-bond acceptors (Lipinski definition) is 3. The number of ether oxygens (including phenoxy) is 1. The van der Waals surface area contributed by atoms with E-state index in [1.165, 1.54) is 4.57 Å². The Labute approximate surface area is 153 Å². The summed E-state index contributed by atoms with van der Waals surface area (Å²) >= 11 is 0. The van der Waals surface area contributed by atoms with Crippen LogP contribution >= 0.6 is 0 Å². The summed E-state index contributed by atoms with van der Waals surface area (Å²) in [6, 6.07) is -0.263. The second kappa shape index (κ2) is 6.46. The van der Waals surface area contributed by atoms with Crippen molar-refractivity contribution in [3.05, 3.63) is 39.4 Å². The molecule has 0 unspecified atom stereocenters. The normalized spacial score (nSPS) is 14.0. The predicted octanol–water partition coefficient (Wildman–Crippen LogP) is 4.04. The number of pyridine rings is 1. The van der Waals surface area contributed by atoms with Crippen LogP contribution < -0.4 is 10.2 Å². The molecule has 9 heteroatoms. The van der Waals surface area contributed by atoms with Crippen molar-refractivity contribution in [2.45, 2.75) is 38.5 Å². The minimum atomic E-state index is -2.04. The highest BCUT2D eigenvalue weighted by Crippen LogP contribution is 2.39. The van der Waals surface area contributed by atoms with E-state index in [9.17, 15) is 22.8 Å². The monoisotopic (exact) mass is 395 g/mol. The number of benzene rings is 1. The molecule has 0 spiro atoms. The van der Waals surface area contributed by atoms with Gasteiger partial charge in [-0.1, -0.05) is 25.6 Å². The Bertz CT molecular complexity index is 1090. The van der Waals surface area contributed by atoms with E-state index >= 15 is 0 Å². The maximum absolute atomic E-state index is 14.6. The molecule has 27 heavy (non-hydrogen) atoms. The molecule has 1 aliphatic rings. The van der Waals surface area contributed by atoms with Gasteiger partial charge in [0.25, 0.3) is 0 Å². The fourth-order valence-electron chi connectivity index (χ4n) is 2.66. The number of rotatable bonds is 2. The Balaban J connectivity index is 2.49. The number of carboxylic acid groups (broad SMARTS) is 1. The highest BCUT2D eigenvalue weighted by molar-refractivity contribution is 6.83. The smallest absolute Gasteiger partial charge is 0.449 e. The third kappa shape index (κ3) is 3.57. The van der Waals surface area contributed by atoms with Crippen LogP contribution in [0.25, 0.3) is 10.9 Å². The topological polar surface area (TPSA) is 68.5 Å².